The fraction of sp³-hybridized carbons (Fsp3) is 0.786. The lowest BCUT2D eigenvalue weighted by atomic mass is 10.2. The van der Waals surface area contributed by atoms with E-state index in [1.54, 1.807) is 0 Å². The van der Waals surface area contributed by atoms with Gasteiger partial charge in [0, 0.05) is 19.6 Å². The van der Waals surface area contributed by atoms with E-state index in [1.165, 1.54) is 11.3 Å². The maximum atomic E-state index is 13.1. The summed E-state index contributed by atoms with van der Waals surface area (Å²) in [6, 6.07) is 0. The van der Waals surface area contributed by atoms with Gasteiger partial charge in [-0.3, -0.25) is 0 Å². The van der Waals surface area contributed by atoms with E-state index in [2.05, 4.69) is 10.3 Å². The molecule has 0 atom stereocenters. The van der Waals surface area contributed by atoms with Crippen molar-refractivity contribution in [2.45, 2.75) is 51.7 Å². The molecule has 7 heteroatoms. The van der Waals surface area contributed by atoms with Crippen LogP contribution in [0.4, 0.5) is 18.3 Å². The molecule has 1 aliphatic heterocycles. The first kappa shape index (κ1) is 16.5. The standard InChI is InChI=1S/C14H22F3N3S/c1-2-7-18-10-11-12(14(15,16)17)19-13(21-11)20-8-5-3-4-6-9-20/h18H,2-10H2,1H3. The lowest BCUT2D eigenvalue weighted by Crippen LogP contribution is -2.23. The molecule has 0 aliphatic carbocycles. The monoisotopic (exact) mass is 321 g/mol. The number of nitrogens with zero attached hydrogens (tertiary/aromatic N) is 2. The highest BCUT2D eigenvalue weighted by Gasteiger charge is 2.37. The van der Waals surface area contributed by atoms with Gasteiger partial charge in [0.25, 0.3) is 0 Å². The Kier molecular flexibility index (Phi) is 5.87. The quantitative estimate of drug-likeness (QED) is 0.830. The van der Waals surface area contributed by atoms with Crippen molar-refractivity contribution in [1.82, 2.24) is 10.3 Å². The van der Waals surface area contributed by atoms with Crippen molar-refractivity contribution in [3.05, 3.63) is 10.6 Å². The van der Waals surface area contributed by atoms with Crippen LogP contribution in [-0.4, -0.2) is 24.6 Å². The van der Waals surface area contributed by atoms with E-state index in [9.17, 15) is 13.2 Å². The van der Waals surface area contributed by atoms with Crippen LogP contribution in [0, 0.1) is 0 Å². The van der Waals surface area contributed by atoms with Crippen molar-refractivity contribution in [2.75, 3.05) is 24.5 Å². The van der Waals surface area contributed by atoms with Crippen LogP contribution < -0.4 is 10.2 Å². The van der Waals surface area contributed by atoms with E-state index in [4.69, 9.17) is 0 Å². The predicted octanol–water partition coefficient (Wildman–Crippen LogP) is 4.04. The second-order valence-corrected chi connectivity index (χ2v) is 6.41. The number of nitrogens with one attached hydrogen (secondary N) is 1. The van der Waals surface area contributed by atoms with Crippen LogP contribution >= 0.6 is 11.3 Å². The molecule has 1 fully saturated rings. The Labute approximate surface area is 127 Å². The molecule has 1 aromatic heterocycles. The van der Waals surface area contributed by atoms with Gasteiger partial charge >= 0.3 is 6.18 Å². The zero-order valence-corrected chi connectivity index (χ0v) is 13.1. The number of thiazole rings is 1. The summed E-state index contributed by atoms with van der Waals surface area (Å²) in [4.78, 5) is 6.22. The van der Waals surface area contributed by atoms with Gasteiger partial charge in [-0.1, -0.05) is 31.1 Å². The largest absolute Gasteiger partial charge is 0.434 e. The smallest absolute Gasteiger partial charge is 0.348 e. The van der Waals surface area contributed by atoms with Gasteiger partial charge in [0.15, 0.2) is 10.8 Å². The molecule has 3 nitrogen and oxygen atoms in total. The van der Waals surface area contributed by atoms with E-state index >= 15 is 0 Å². The Bertz CT molecular complexity index is 437. The number of aromatic nitrogens is 1. The SMILES string of the molecule is CCCNCc1sc(N2CCCCCC2)nc1C(F)(F)F. The van der Waals surface area contributed by atoms with Crippen LogP contribution in [0.25, 0.3) is 0 Å². The van der Waals surface area contributed by atoms with Crippen LogP contribution in [0.2, 0.25) is 0 Å². The third-order valence-electron chi connectivity index (χ3n) is 3.54. The minimum atomic E-state index is -4.37. The summed E-state index contributed by atoms with van der Waals surface area (Å²) >= 11 is 1.18. The molecule has 1 saturated heterocycles. The molecule has 1 aromatic rings. The van der Waals surface area contributed by atoms with Gasteiger partial charge in [0.05, 0.1) is 4.88 Å². The molecule has 1 aliphatic rings. The molecule has 0 bridgehead atoms. The highest BCUT2D eigenvalue weighted by molar-refractivity contribution is 7.15. The first-order chi connectivity index (χ1) is 10.0. The molecular weight excluding hydrogens is 299 g/mol. The van der Waals surface area contributed by atoms with Gasteiger partial charge in [0.1, 0.15) is 0 Å². The second-order valence-electron chi connectivity index (χ2n) is 5.34. The van der Waals surface area contributed by atoms with E-state index in [0.29, 0.717) is 16.6 Å². The van der Waals surface area contributed by atoms with Gasteiger partial charge in [-0.2, -0.15) is 13.2 Å². The average molecular weight is 321 g/mol. The summed E-state index contributed by atoms with van der Waals surface area (Å²) in [5.74, 6) is 0. The topological polar surface area (TPSA) is 28.2 Å². The lowest BCUT2D eigenvalue weighted by Gasteiger charge is -2.18. The van der Waals surface area contributed by atoms with Crippen LogP contribution in [-0.2, 0) is 12.7 Å². The van der Waals surface area contributed by atoms with Gasteiger partial charge in [0.2, 0.25) is 0 Å². The molecular formula is C14H22F3N3S. The Morgan fingerprint density at radius 1 is 1.19 bits per heavy atom. The molecule has 0 spiro atoms. The van der Waals surface area contributed by atoms with Gasteiger partial charge in [-0.25, -0.2) is 4.98 Å². The van der Waals surface area contributed by atoms with Crippen molar-refractivity contribution in [3.8, 4) is 0 Å². The Hall–Kier alpha value is -0.820. The van der Waals surface area contributed by atoms with Crippen molar-refractivity contribution in [3.63, 3.8) is 0 Å². The van der Waals surface area contributed by atoms with Gasteiger partial charge in [-0.05, 0) is 25.8 Å². The van der Waals surface area contributed by atoms with Gasteiger partial charge in [-0.15, -0.1) is 0 Å². The van der Waals surface area contributed by atoms with Crippen LogP contribution in [0.15, 0.2) is 0 Å². The number of halogens is 3. The summed E-state index contributed by atoms with van der Waals surface area (Å²) in [5.41, 5.74) is -0.713. The number of anilines is 1. The summed E-state index contributed by atoms with van der Waals surface area (Å²) < 4.78 is 39.3. The highest BCUT2D eigenvalue weighted by Crippen LogP contribution is 2.37. The van der Waals surface area contributed by atoms with Crippen molar-refractivity contribution in [1.29, 1.82) is 0 Å². The summed E-state index contributed by atoms with van der Waals surface area (Å²) in [6.07, 6.45) is 0.898. The first-order valence-corrected chi connectivity index (χ1v) is 8.36. The molecule has 21 heavy (non-hydrogen) atoms. The fourth-order valence-electron chi connectivity index (χ4n) is 2.46. The van der Waals surface area contributed by atoms with E-state index < -0.39 is 11.9 Å². The average Bonchev–Trinajstić information content (AvgIpc) is 2.67. The lowest BCUT2D eigenvalue weighted by molar-refractivity contribution is -0.141. The summed E-state index contributed by atoms with van der Waals surface area (Å²) in [6.45, 7) is 4.58. The fourth-order valence-corrected chi connectivity index (χ4v) is 3.56. The number of rotatable bonds is 5. The summed E-state index contributed by atoms with van der Waals surface area (Å²) in [5, 5.41) is 3.57. The minimum absolute atomic E-state index is 0.244. The first-order valence-electron chi connectivity index (χ1n) is 7.55. The maximum absolute atomic E-state index is 13.1. The van der Waals surface area contributed by atoms with Crippen molar-refractivity contribution >= 4 is 16.5 Å². The molecule has 1 N–H and O–H groups in total. The number of alkyl halides is 3. The van der Waals surface area contributed by atoms with Crippen LogP contribution in [0.1, 0.15) is 49.6 Å². The van der Waals surface area contributed by atoms with Crippen LogP contribution in [0.5, 0.6) is 0 Å². The zero-order valence-electron chi connectivity index (χ0n) is 12.3. The van der Waals surface area contributed by atoms with Crippen LogP contribution in [0.3, 0.4) is 0 Å². The molecule has 0 aromatic carbocycles. The van der Waals surface area contributed by atoms with Crippen molar-refractivity contribution in [2.24, 2.45) is 0 Å². The number of hydrogen-bond acceptors (Lipinski definition) is 4. The predicted molar refractivity (Wildman–Crippen MR) is 79.8 cm³/mol. The number of hydrogen-bond donors (Lipinski definition) is 1. The second kappa shape index (κ2) is 7.45. The van der Waals surface area contributed by atoms with Gasteiger partial charge < -0.3 is 10.2 Å². The molecule has 0 unspecified atom stereocenters. The third kappa shape index (κ3) is 4.57. The maximum Gasteiger partial charge on any atom is 0.434 e. The molecule has 2 rings (SSSR count). The highest BCUT2D eigenvalue weighted by atomic mass is 32.1. The molecule has 0 saturated carbocycles. The van der Waals surface area contributed by atoms with Crippen molar-refractivity contribution < 1.29 is 13.2 Å². The molecule has 2 heterocycles. The zero-order chi connectivity index (χ0) is 15.3. The van der Waals surface area contributed by atoms with E-state index in [-0.39, 0.29) is 6.54 Å². The molecule has 0 radical (unpaired) electrons. The third-order valence-corrected chi connectivity index (χ3v) is 4.66. The normalized spacial score (nSPS) is 17.0. The summed E-state index contributed by atoms with van der Waals surface area (Å²) in [7, 11) is 0. The Morgan fingerprint density at radius 2 is 1.86 bits per heavy atom. The molecule has 120 valence electrons. The van der Waals surface area contributed by atoms with E-state index in [0.717, 1.165) is 45.2 Å². The Morgan fingerprint density at radius 3 is 2.43 bits per heavy atom. The van der Waals surface area contributed by atoms with E-state index in [1.807, 2.05) is 11.8 Å². The molecule has 0 amide bonds. The Balaban J connectivity index is 2.18. The minimum Gasteiger partial charge on any atom is -0.348 e.